The van der Waals surface area contributed by atoms with Crippen LogP contribution in [0.25, 0.3) is 0 Å². The van der Waals surface area contributed by atoms with E-state index in [1.54, 1.807) is 89.5 Å². The molecular weight excluding hydrogens is 1690 g/mol. The molecule has 0 saturated heterocycles. The monoisotopic (exact) mass is 1880 g/mol. The Labute approximate surface area is 810 Å². The molecule has 1 unspecified atom stereocenters. The summed E-state index contributed by atoms with van der Waals surface area (Å²) >= 11 is 11.9. The highest BCUT2D eigenvalue weighted by Gasteiger charge is 2.46. The van der Waals surface area contributed by atoms with Gasteiger partial charge >= 0.3 is 17.9 Å². The third kappa shape index (κ3) is 69.4. The molecule has 0 aliphatic heterocycles. The number of carbonyl (C=O) groups excluding carboxylic acids is 3. The van der Waals surface area contributed by atoms with Gasteiger partial charge in [0, 0.05) is 120 Å². The van der Waals surface area contributed by atoms with Crippen molar-refractivity contribution in [2.45, 2.75) is 457 Å². The molecule has 0 radical (unpaired) electrons. The highest BCUT2D eigenvalue weighted by atomic mass is 35.5. The van der Waals surface area contributed by atoms with Crippen molar-refractivity contribution < 1.29 is 67.1 Å². The first-order valence-corrected chi connectivity index (χ1v) is 49.0. The summed E-state index contributed by atoms with van der Waals surface area (Å²) in [5, 5.41) is 23.5. The molecular formula is C110H193Cl2N5O14. The lowest BCUT2D eigenvalue weighted by Gasteiger charge is -2.29. The number of aryl methyl sites for hydroxylation is 3. The van der Waals surface area contributed by atoms with E-state index in [-0.39, 0.29) is 32.5 Å². The second-order valence-electron chi connectivity index (χ2n) is 46.7. The number of unbranched alkanes of at least 4 members (excludes halogenated alkanes) is 2. The van der Waals surface area contributed by atoms with E-state index in [0.29, 0.717) is 57.3 Å². The van der Waals surface area contributed by atoms with Gasteiger partial charge < -0.3 is 43.2 Å². The quantitative estimate of drug-likeness (QED) is 0.0482. The standard InChI is InChI=1S/C14H20.C12H20O7.C11H24O2.C10H12Cl2.C10H18O.C9H14N2.C8H12N2.C8H13NO.C8H14O.C7H16O.C7H16.C6H14O/c1-14(2,3)13-10-6-8-11-7-4-5-9-12(11)13;1-7(2)18-10(15)6-12(11(16)17,5-9(13)14)19-8(3)4;1-10(2)12-8-6-5-7-9-13-11(3)4;1-10(2,3)8-6-7(11)4-5-9(8)12;1-10(2,3)9(11)8-6-4-5-7-8;1-7-5-11-8(6-10-7)9(2,3)4;1-8(2,3)7-6-9-4-5-10-7;1-6-5-7(9-10-6)8(2,3)4;1-8(2,3)7(9)6-4-5-6;1-7(2,3)5-6-8-4;1-5-6-7(2,3)4;1-6(2,3)5-7-4/h6,8,10H,4-5,7,9H2,1-3H3;7-8H,5-6H2,1-4H3,(H,13,14)(H,16,17);10-11H,5-9H2,1-4H3;4-6H,1-3H3;8H,4-7H2,1-3H3;5-6H,1-4H3;4-6H,1-3H3;5H,1-4H3;6H,4-5H2,1-3H3;5-6H2,1-4H3;5-6H2,1-4H3;5H2,1-4H3. The fraction of sp³-hybridized carbons (Fsp3) is 0.745. The molecule has 2 saturated carbocycles. The molecule has 3 heterocycles. The summed E-state index contributed by atoms with van der Waals surface area (Å²) in [6.45, 7) is 88.6. The average molecular weight is 1880 g/mol. The number of hydrogen-bond donors (Lipinski definition) is 2. The first kappa shape index (κ1) is 131. The number of ketones is 2. The predicted octanol–water partition coefficient (Wildman–Crippen LogP) is 29.7. The summed E-state index contributed by atoms with van der Waals surface area (Å²) in [5.41, 5.74) is 9.67. The molecule has 756 valence electrons. The smallest absolute Gasteiger partial charge is 0.337 e. The molecule has 8 rings (SSSR count). The number of aromatic nitrogens is 5. The van der Waals surface area contributed by atoms with Crippen LogP contribution in [0.2, 0.25) is 10.0 Å². The first-order chi connectivity index (χ1) is 59.5. The molecule has 3 aromatic heterocycles. The predicted molar refractivity (Wildman–Crippen MR) is 549 cm³/mol. The molecule has 2 N–H and O–H groups in total. The Morgan fingerprint density at radius 2 is 0.962 bits per heavy atom. The first-order valence-electron chi connectivity index (χ1n) is 48.2. The molecule has 2 fully saturated rings. The van der Waals surface area contributed by atoms with E-state index in [0.717, 1.165) is 116 Å². The maximum atomic E-state index is 11.7. The summed E-state index contributed by atoms with van der Waals surface area (Å²) in [6.07, 6.45) is 26.9. The summed E-state index contributed by atoms with van der Waals surface area (Å²) in [5.74, 6) is -1.06. The minimum absolute atomic E-state index is 0.0575. The number of rotatable bonds is 22. The Bertz CT molecular complexity index is 3840. The van der Waals surface area contributed by atoms with Crippen LogP contribution in [-0.4, -0.2) is 135 Å². The molecule has 0 amide bonds. The number of benzene rings is 2. The maximum absolute atomic E-state index is 11.7. The number of ether oxygens (including phenoxy) is 6. The normalized spacial score (nSPS) is 13.9. The van der Waals surface area contributed by atoms with Crippen molar-refractivity contribution in [1.29, 1.82) is 0 Å². The fourth-order valence-electron chi connectivity index (χ4n) is 12.7. The van der Waals surface area contributed by atoms with Crippen molar-refractivity contribution >= 4 is 52.7 Å². The molecule has 3 aliphatic carbocycles. The van der Waals surface area contributed by atoms with Gasteiger partial charge in [0.15, 0.2) is 5.60 Å². The van der Waals surface area contributed by atoms with Gasteiger partial charge in [-0.25, -0.2) is 4.79 Å². The van der Waals surface area contributed by atoms with E-state index in [9.17, 15) is 29.1 Å². The number of hydrogen-bond acceptors (Lipinski definition) is 17. The number of carboxylic acid groups (broad SMARTS) is 2. The van der Waals surface area contributed by atoms with Gasteiger partial charge in [-0.15, -0.1) is 0 Å². The minimum Gasteiger partial charge on any atom is -0.481 e. The van der Waals surface area contributed by atoms with Crippen molar-refractivity contribution in [2.75, 3.05) is 40.6 Å². The Hall–Kier alpha value is -6.06. The van der Waals surface area contributed by atoms with Crippen LogP contribution in [0.1, 0.15) is 424 Å². The summed E-state index contributed by atoms with van der Waals surface area (Å²) in [7, 11) is 3.47. The van der Waals surface area contributed by atoms with Gasteiger partial charge in [0.2, 0.25) is 0 Å². The van der Waals surface area contributed by atoms with Crippen LogP contribution >= 0.6 is 23.2 Å². The molecule has 131 heavy (non-hydrogen) atoms. The summed E-state index contributed by atoms with van der Waals surface area (Å²) in [6, 6.07) is 14.4. The van der Waals surface area contributed by atoms with E-state index >= 15 is 0 Å². The van der Waals surface area contributed by atoms with Crippen LogP contribution in [0.4, 0.5) is 0 Å². The lowest BCUT2D eigenvalue weighted by Crippen LogP contribution is -2.47. The summed E-state index contributed by atoms with van der Waals surface area (Å²) < 4.78 is 35.6. The maximum Gasteiger partial charge on any atom is 0.337 e. The zero-order valence-electron chi connectivity index (χ0n) is 91.2. The molecule has 1 atom stereocenters. The molecule has 2 aromatic carbocycles. The molecule has 3 aliphatic rings. The molecule has 0 spiro atoms. The number of aliphatic carboxylic acids is 2. The zero-order valence-corrected chi connectivity index (χ0v) is 92.7. The topological polar surface area (TPSA) is 259 Å². The van der Waals surface area contributed by atoms with Crippen LogP contribution in [-0.2, 0) is 92.3 Å². The highest BCUT2D eigenvalue weighted by Crippen LogP contribution is 2.38. The molecule has 5 aromatic rings. The van der Waals surface area contributed by atoms with Crippen molar-refractivity contribution in [2.24, 2.45) is 38.9 Å². The SMILES string of the molecule is CC(C)(C)C(=O)C1CC1.CC(C)(C)C(=O)C1CCCC1.CC(C)(C)c1cc(Cl)ccc1Cl.CC(C)(C)c1cccc2c1CCCC2.CC(C)(C)c1cnccn1.CC(C)OC(=O)CC(CC(=O)O)(OC(C)C)C(=O)O.CC(C)OCCCCCOC(C)C.CCCC(C)(C)C.COCC(C)(C)C.COCCC(C)(C)C.Cc1cc(C(C)(C)C)no1.Cc1cnc(C(C)(C)C)cn1. The third-order valence-corrected chi connectivity index (χ3v) is 20.3. The zero-order chi connectivity index (χ0) is 103. The van der Waals surface area contributed by atoms with Crippen LogP contribution in [0, 0.1) is 52.8 Å². The Kier molecular flexibility index (Phi) is 63.5. The van der Waals surface area contributed by atoms with Gasteiger partial charge in [-0.1, -0.05) is 280 Å². The Balaban J connectivity index is -0.000000678. The highest BCUT2D eigenvalue weighted by molar-refractivity contribution is 6.33. The van der Waals surface area contributed by atoms with E-state index in [1.807, 2.05) is 79.8 Å². The van der Waals surface area contributed by atoms with E-state index in [2.05, 4.69) is 244 Å². The molecule has 19 nitrogen and oxygen atoms in total. The number of Topliss-reactive ketones (excluding diaryl/α,β-unsaturated/α-hetero) is 2. The van der Waals surface area contributed by atoms with E-state index < -0.39 is 48.6 Å². The lowest BCUT2D eigenvalue weighted by atomic mass is 9.78. The van der Waals surface area contributed by atoms with Crippen LogP contribution in [0.5, 0.6) is 0 Å². The third-order valence-electron chi connectivity index (χ3n) is 19.8. The van der Waals surface area contributed by atoms with Crippen molar-refractivity contribution in [3.05, 3.63) is 134 Å². The lowest BCUT2D eigenvalue weighted by molar-refractivity contribution is -0.186. The van der Waals surface area contributed by atoms with Gasteiger partial charge in [-0.2, -0.15) is 0 Å². The van der Waals surface area contributed by atoms with Crippen LogP contribution in [0.3, 0.4) is 0 Å². The van der Waals surface area contributed by atoms with Crippen LogP contribution < -0.4 is 0 Å². The number of nitrogens with zero attached hydrogens (tertiary/aromatic N) is 5. The number of carbonyl (C=O) groups is 5. The number of esters is 1. The van der Waals surface area contributed by atoms with E-state index in [4.69, 9.17) is 61.3 Å². The largest absolute Gasteiger partial charge is 0.481 e. The number of halogens is 2. The Morgan fingerprint density at radius 3 is 1.26 bits per heavy atom. The minimum atomic E-state index is -2.11. The van der Waals surface area contributed by atoms with Gasteiger partial charge in [0.05, 0.1) is 66.6 Å². The second kappa shape index (κ2) is 63.4. The van der Waals surface area contributed by atoms with Crippen LogP contribution in [0.15, 0.2) is 78.0 Å². The summed E-state index contributed by atoms with van der Waals surface area (Å²) in [4.78, 5) is 73.2. The fourth-order valence-corrected chi connectivity index (χ4v) is 13.3. The number of carboxylic acids is 2. The van der Waals surface area contributed by atoms with E-state index in [1.165, 1.54) is 57.8 Å². The van der Waals surface area contributed by atoms with Gasteiger partial charge in [-0.05, 0) is 220 Å². The van der Waals surface area contributed by atoms with Gasteiger partial charge in [-0.3, -0.25) is 39.1 Å². The van der Waals surface area contributed by atoms with Crippen molar-refractivity contribution in [1.82, 2.24) is 25.1 Å². The van der Waals surface area contributed by atoms with Crippen molar-refractivity contribution in [3.8, 4) is 0 Å². The van der Waals surface area contributed by atoms with Crippen molar-refractivity contribution in [3.63, 3.8) is 0 Å². The molecule has 21 heteroatoms. The van der Waals surface area contributed by atoms with Gasteiger partial charge in [0.1, 0.15) is 17.3 Å². The second-order valence-corrected chi connectivity index (χ2v) is 47.6. The van der Waals surface area contributed by atoms with Gasteiger partial charge in [0.25, 0.3) is 0 Å². The number of methoxy groups -OCH3 is 2. The Morgan fingerprint density at radius 1 is 0.481 bits per heavy atom. The number of fused-ring (bicyclic) bond motifs is 1. The average Bonchev–Trinajstić information content (AvgIpc) is 0.977. The molecule has 0 bridgehead atoms.